The van der Waals surface area contributed by atoms with Crippen LogP contribution in [0.25, 0.3) is 0 Å². The number of nitrogens with one attached hydrogen (secondary N) is 2. The Labute approximate surface area is 175 Å². The minimum absolute atomic E-state index is 0. The average Bonchev–Trinajstić information content (AvgIpc) is 3.15. The zero-order valence-electron chi connectivity index (χ0n) is 16.1. The number of aliphatic imine (C=N–C) groups is 1. The molecule has 1 aliphatic carbocycles. The molecule has 1 fully saturated rings. The van der Waals surface area contributed by atoms with Gasteiger partial charge in [0.1, 0.15) is 0 Å². The zero-order valence-corrected chi connectivity index (χ0v) is 18.4. The molecule has 0 radical (unpaired) electrons. The second-order valence-electron chi connectivity index (χ2n) is 7.34. The Bertz CT molecular complexity index is 589. The Morgan fingerprint density at radius 2 is 1.81 bits per heavy atom. The summed E-state index contributed by atoms with van der Waals surface area (Å²) in [5, 5.41) is 6.90. The maximum Gasteiger partial charge on any atom is 0.191 e. The topological polar surface area (TPSA) is 39.7 Å². The lowest BCUT2D eigenvalue weighted by Gasteiger charge is -2.33. The second kappa shape index (κ2) is 10.9. The SMILES string of the molecule is CN=C(NCc1ccc(CN2CCCCC2C)cc1)NC1CC=CC1.I. The first-order chi connectivity index (χ1) is 12.2. The fraction of sp³-hybridized carbons (Fsp3) is 0.571. The molecule has 4 nitrogen and oxygen atoms in total. The number of piperidine rings is 1. The van der Waals surface area contributed by atoms with Crippen LogP contribution in [0.1, 0.15) is 50.2 Å². The van der Waals surface area contributed by atoms with E-state index in [1.54, 1.807) is 0 Å². The highest BCUT2D eigenvalue weighted by Gasteiger charge is 2.18. The maximum atomic E-state index is 4.33. The lowest BCUT2D eigenvalue weighted by Crippen LogP contribution is -2.42. The van der Waals surface area contributed by atoms with Crippen molar-refractivity contribution in [3.05, 3.63) is 47.5 Å². The molecular weight excluding hydrogens is 435 g/mol. The van der Waals surface area contributed by atoms with E-state index < -0.39 is 0 Å². The van der Waals surface area contributed by atoms with Gasteiger partial charge in [-0.15, -0.1) is 24.0 Å². The Balaban J connectivity index is 0.00000243. The third-order valence-corrected chi connectivity index (χ3v) is 5.38. The normalized spacial score (nSPS) is 21.5. The van der Waals surface area contributed by atoms with E-state index in [0.29, 0.717) is 6.04 Å². The summed E-state index contributed by atoms with van der Waals surface area (Å²) in [6, 6.07) is 10.2. The first-order valence-corrected chi connectivity index (χ1v) is 9.68. The number of hydrogen-bond donors (Lipinski definition) is 2. The van der Waals surface area contributed by atoms with Gasteiger partial charge in [0, 0.05) is 32.2 Å². The van der Waals surface area contributed by atoms with Gasteiger partial charge in [-0.05, 0) is 50.3 Å². The highest BCUT2D eigenvalue weighted by atomic mass is 127. The first-order valence-electron chi connectivity index (χ1n) is 9.68. The Kier molecular flexibility index (Phi) is 8.91. The summed E-state index contributed by atoms with van der Waals surface area (Å²) in [6.45, 7) is 5.48. The summed E-state index contributed by atoms with van der Waals surface area (Å²) in [6.07, 6.45) is 10.7. The summed E-state index contributed by atoms with van der Waals surface area (Å²) in [7, 11) is 1.83. The van der Waals surface area contributed by atoms with E-state index >= 15 is 0 Å². The predicted octanol–water partition coefficient (Wildman–Crippen LogP) is 4.06. The summed E-state index contributed by atoms with van der Waals surface area (Å²) < 4.78 is 0. The average molecular weight is 468 g/mol. The van der Waals surface area contributed by atoms with Gasteiger partial charge in [-0.25, -0.2) is 0 Å². The fourth-order valence-electron chi connectivity index (χ4n) is 3.70. The van der Waals surface area contributed by atoms with E-state index in [4.69, 9.17) is 0 Å². The molecule has 0 aromatic heterocycles. The van der Waals surface area contributed by atoms with E-state index in [9.17, 15) is 0 Å². The molecule has 1 aliphatic heterocycles. The Hall–Kier alpha value is -1.08. The summed E-state index contributed by atoms with van der Waals surface area (Å²) in [4.78, 5) is 6.94. The maximum absolute atomic E-state index is 4.33. The van der Waals surface area contributed by atoms with Crippen molar-refractivity contribution in [3.8, 4) is 0 Å². The second-order valence-corrected chi connectivity index (χ2v) is 7.34. The summed E-state index contributed by atoms with van der Waals surface area (Å²) >= 11 is 0. The highest BCUT2D eigenvalue weighted by molar-refractivity contribution is 14.0. The number of halogens is 1. The quantitative estimate of drug-likeness (QED) is 0.296. The molecule has 1 unspecified atom stereocenters. The van der Waals surface area contributed by atoms with Crippen LogP contribution >= 0.6 is 24.0 Å². The number of benzene rings is 1. The van der Waals surface area contributed by atoms with Crippen LogP contribution in [0.2, 0.25) is 0 Å². The minimum atomic E-state index is 0. The summed E-state index contributed by atoms with van der Waals surface area (Å²) in [5.74, 6) is 0.889. The highest BCUT2D eigenvalue weighted by Crippen LogP contribution is 2.19. The molecule has 0 spiro atoms. The van der Waals surface area contributed by atoms with Crippen molar-refractivity contribution >= 4 is 29.9 Å². The number of likely N-dealkylation sites (tertiary alicyclic amines) is 1. The van der Waals surface area contributed by atoms with Crippen LogP contribution in [0.15, 0.2) is 41.4 Å². The molecular formula is C21H33IN4. The predicted molar refractivity (Wildman–Crippen MR) is 121 cm³/mol. The number of guanidine groups is 1. The van der Waals surface area contributed by atoms with Crippen LogP contribution in [0.5, 0.6) is 0 Å². The van der Waals surface area contributed by atoms with Crippen molar-refractivity contribution in [1.82, 2.24) is 15.5 Å². The van der Waals surface area contributed by atoms with Crippen LogP contribution in [0, 0.1) is 0 Å². The Morgan fingerprint density at radius 1 is 1.12 bits per heavy atom. The monoisotopic (exact) mass is 468 g/mol. The van der Waals surface area contributed by atoms with E-state index in [1.807, 2.05) is 7.05 Å². The largest absolute Gasteiger partial charge is 0.353 e. The molecule has 1 aromatic rings. The lowest BCUT2D eigenvalue weighted by atomic mass is 10.0. The van der Waals surface area contributed by atoms with E-state index in [-0.39, 0.29) is 24.0 Å². The first kappa shape index (κ1) is 21.2. The number of nitrogens with zero attached hydrogens (tertiary/aromatic N) is 2. The lowest BCUT2D eigenvalue weighted by molar-refractivity contribution is 0.152. The molecule has 144 valence electrons. The van der Waals surface area contributed by atoms with Gasteiger partial charge < -0.3 is 10.6 Å². The number of hydrogen-bond acceptors (Lipinski definition) is 2. The van der Waals surface area contributed by atoms with Crippen LogP contribution < -0.4 is 10.6 Å². The molecule has 5 heteroatoms. The molecule has 0 amide bonds. The van der Waals surface area contributed by atoms with Crippen molar-refractivity contribution in [3.63, 3.8) is 0 Å². The van der Waals surface area contributed by atoms with Gasteiger partial charge in [-0.2, -0.15) is 0 Å². The fourth-order valence-corrected chi connectivity index (χ4v) is 3.70. The van der Waals surface area contributed by atoms with Gasteiger partial charge in [0.05, 0.1) is 0 Å². The smallest absolute Gasteiger partial charge is 0.191 e. The molecule has 2 aliphatic rings. The third kappa shape index (κ3) is 6.27. The van der Waals surface area contributed by atoms with Gasteiger partial charge in [0.2, 0.25) is 0 Å². The molecule has 2 N–H and O–H groups in total. The van der Waals surface area contributed by atoms with Gasteiger partial charge in [-0.1, -0.05) is 42.8 Å². The van der Waals surface area contributed by atoms with Crippen LogP contribution in [-0.2, 0) is 13.1 Å². The van der Waals surface area contributed by atoms with Crippen LogP contribution in [-0.4, -0.2) is 36.5 Å². The molecule has 1 saturated heterocycles. The van der Waals surface area contributed by atoms with Gasteiger partial charge in [0.25, 0.3) is 0 Å². The standard InChI is InChI=1S/C21H32N4.HI/c1-17-7-5-6-14-25(17)16-19-12-10-18(11-13-19)15-23-21(22-2)24-20-8-3-4-9-20;/h3-4,10-13,17,20H,5-9,14-16H2,1-2H3,(H2,22,23,24);1H. The van der Waals surface area contributed by atoms with E-state index in [2.05, 4.69) is 63.9 Å². The molecule has 26 heavy (non-hydrogen) atoms. The molecule has 1 aromatic carbocycles. The van der Waals surface area contributed by atoms with Crippen molar-refractivity contribution < 1.29 is 0 Å². The van der Waals surface area contributed by atoms with Crippen molar-refractivity contribution in [2.45, 2.75) is 64.2 Å². The molecule has 0 saturated carbocycles. The minimum Gasteiger partial charge on any atom is -0.353 e. The van der Waals surface area contributed by atoms with Crippen molar-refractivity contribution in [2.75, 3.05) is 13.6 Å². The molecule has 1 heterocycles. The number of rotatable bonds is 5. The van der Waals surface area contributed by atoms with E-state index in [0.717, 1.165) is 37.9 Å². The van der Waals surface area contributed by atoms with Gasteiger partial charge in [0.15, 0.2) is 5.96 Å². The molecule has 0 bridgehead atoms. The molecule has 3 rings (SSSR count). The van der Waals surface area contributed by atoms with E-state index in [1.165, 1.54) is 36.9 Å². The molecule has 1 atom stereocenters. The summed E-state index contributed by atoms with van der Waals surface area (Å²) in [5.41, 5.74) is 2.71. The van der Waals surface area contributed by atoms with Gasteiger partial charge in [-0.3, -0.25) is 9.89 Å². The van der Waals surface area contributed by atoms with Crippen LogP contribution in [0.4, 0.5) is 0 Å². The van der Waals surface area contributed by atoms with Crippen molar-refractivity contribution in [2.24, 2.45) is 4.99 Å². The Morgan fingerprint density at radius 3 is 2.46 bits per heavy atom. The van der Waals surface area contributed by atoms with Crippen molar-refractivity contribution in [1.29, 1.82) is 0 Å². The zero-order chi connectivity index (χ0) is 17.5. The van der Waals surface area contributed by atoms with Gasteiger partial charge >= 0.3 is 0 Å². The van der Waals surface area contributed by atoms with Crippen LogP contribution in [0.3, 0.4) is 0 Å². The third-order valence-electron chi connectivity index (χ3n) is 5.38.